The van der Waals surface area contributed by atoms with Crippen molar-refractivity contribution in [1.82, 2.24) is 4.90 Å². The number of carbonyl (C=O) groups is 1. The quantitative estimate of drug-likeness (QED) is 0.944. The number of urea groups is 1. The van der Waals surface area contributed by atoms with Crippen molar-refractivity contribution in [2.24, 2.45) is 0 Å². The van der Waals surface area contributed by atoms with Gasteiger partial charge in [0.25, 0.3) is 0 Å². The van der Waals surface area contributed by atoms with E-state index in [1.165, 1.54) is 16.9 Å². The Balaban J connectivity index is 1.76. The topological polar surface area (TPSA) is 50.8 Å². The van der Waals surface area contributed by atoms with Gasteiger partial charge >= 0.3 is 6.03 Å². The fourth-order valence-corrected chi connectivity index (χ4v) is 3.20. The molecule has 1 aromatic carbocycles. The van der Waals surface area contributed by atoms with Crippen molar-refractivity contribution >= 4 is 22.4 Å². The molecule has 0 unspecified atom stereocenters. The van der Waals surface area contributed by atoms with E-state index < -0.39 is 0 Å². The van der Waals surface area contributed by atoms with Gasteiger partial charge in [-0.05, 0) is 47.2 Å². The van der Waals surface area contributed by atoms with Crippen LogP contribution in [0, 0.1) is 0 Å². The van der Waals surface area contributed by atoms with Crippen molar-refractivity contribution in [2.45, 2.75) is 13.0 Å². The normalized spacial score (nSPS) is 13.5. The van der Waals surface area contributed by atoms with Crippen LogP contribution in [-0.4, -0.2) is 31.7 Å². The molecule has 1 aromatic heterocycles. The van der Waals surface area contributed by atoms with Crippen LogP contribution < -0.4 is 14.8 Å². The van der Waals surface area contributed by atoms with E-state index in [0.29, 0.717) is 18.8 Å². The molecule has 2 amide bonds. The molecule has 116 valence electrons. The fraction of sp³-hybridized carbons (Fsp3) is 0.312. The Kier molecular flexibility index (Phi) is 4.20. The Morgan fingerprint density at radius 1 is 1.23 bits per heavy atom. The molecule has 0 radical (unpaired) electrons. The van der Waals surface area contributed by atoms with E-state index in [-0.39, 0.29) is 6.03 Å². The lowest BCUT2D eigenvalue weighted by Crippen LogP contribution is -2.38. The van der Waals surface area contributed by atoms with E-state index in [4.69, 9.17) is 9.47 Å². The number of amides is 2. The standard InChI is InChI=1S/C16H18N2O3S/c1-20-13-8-11-5-6-18(10-12(11)9-14(13)21-2)16(19)17-15-4-3-7-22-15/h3-4,7-9H,5-6,10H2,1-2H3,(H,17,19). The summed E-state index contributed by atoms with van der Waals surface area (Å²) in [6.07, 6.45) is 0.813. The zero-order valence-electron chi connectivity index (χ0n) is 12.6. The summed E-state index contributed by atoms with van der Waals surface area (Å²) in [6, 6.07) is 7.71. The van der Waals surface area contributed by atoms with Gasteiger partial charge in [-0.3, -0.25) is 5.32 Å². The third kappa shape index (κ3) is 2.87. The predicted octanol–water partition coefficient (Wildman–Crippen LogP) is 3.36. The average Bonchev–Trinajstić information content (AvgIpc) is 3.05. The Morgan fingerprint density at radius 2 is 1.95 bits per heavy atom. The van der Waals surface area contributed by atoms with Crippen molar-refractivity contribution in [2.75, 3.05) is 26.1 Å². The molecule has 0 saturated heterocycles. The Morgan fingerprint density at radius 3 is 2.59 bits per heavy atom. The molecule has 5 nitrogen and oxygen atoms in total. The summed E-state index contributed by atoms with van der Waals surface area (Å²) in [4.78, 5) is 14.1. The van der Waals surface area contributed by atoms with Crippen molar-refractivity contribution in [3.63, 3.8) is 0 Å². The number of methoxy groups -OCH3 is 2. The molecule has 0 atom stereocenters. The minimum absolute atomic E-state index is 0.0668. The summed E-state index contributed by atoms with van der Waals surface area (Å²) in [5.41, 5.74) is 2.31. The first kappa shape index (κ1) is 14.7. The summed E-state index contributed by atoms with van der Waals surface area (Å²) in [5.74, 6) is 1.43. The summed E-state index contributed by atoms with van der Waals surface area (Å²) < 4.78 is 10.7. The van der Waals surface area contributed by atoms with E-state index in [1.807, 2.05) is 34.5 Å². The molecule has 1 aliphatic rings. The van der Waals surface area contributed by atoms with Crippen LogP contribution in [0.4, 0.5) is 9.80 Å². The van der Waals surface area contributed by atoms with Gasteiger partial charge in [0.05, 0.1) is 19.2 Å². The number of fused-ring (bicyclic) bond motifs is 1. The van der Waals surface area contributed by atoms with Gasteiger partial charge in [-0.15, -0.1) is 11.3 Å². The second kappa shape index (κ2) is 6.27. The van der Waals surface area contributed by atoms with Crippen LogP contribution in [0.15, 0.2) is 29.6 Å². The van der Waals surface area contributed by atoms with E-state index >= 15 is 0 Å². The number of benzene rings is 1. The second-order valence-electron chi connectivity index (χ2n) is 5.05. The first-order valence-electron chi connectivity index (χ1n) is 7.04. The maximum atomic E-state index is 12.3. The minimum atomic E-state index is -0.0668. The van der Waals surface area contributed by atoms with Crippen molar-refractivity contribution in [3.05, 3.63) is 40.8 Å². The van der Waals surface area contributed by atoms with Crippen LogP contribution in [0.2, 0.25) is 0 Å². The first-order valence-corrected chi connectivity index (χ1v) is 7.92. The molecule has 6 heteroatoms. The SMILES string of the molecule is COc1cc2c(cc1OC)CN(C(=O)Nc1cccs1)CC2. The van der Waals surface area contributed by atoms with Gasteiger partial charge in [0.15, 0.2) is 11.5 Å². The second-order valence-corrected chi connectivity index (χ2v) is 6.00. The number of nitrogens with one attached hydrogen (secondary N) is 1. The van der Waals surface area contributed by atoms with Crippen molar-refractivity contribution in [3.8, 4) is 11.5 Å². The highest BCUT2D eigenvalue weighted by Gasteiger charge is 2.23. The van der Waals surface area contributed by atoms with Crippen LogP contribution in [-0.2, 0) is 13.0 Å². The number of rotatable bonds is 3. The largest absolute Gasteiger partial charge is 0.493 e. The predicted molar refractivity (Wildman–Crippen MR) is 87.0 cm³/mol. The number of nitrogens with zero attached hydrogens (tertiary/aromatic N) is 1. The Labute approximate surface area is 133 Å². The number of ether oxygens (including phenoxy) is 2. The highest BCUT2D eigenvalue weighted by molar-refractivity contribution is 7.14. The zero-order valence-corrected chi connectivity index (χ0v) is 13.4. The Bertz CT molecular complexity index is 670. The number of thiophene rings is 1. The third-order valence-corrected chi connectivity index (χ3v) is 4.54. The van der Waals surface area contributed by atoms with Gasteiger partial charge < -0.3 is 14.4 Å². The Hall–Kier alpha value is -2.21. The molecular weight excluding hydrogens is 300 g/mol. The lowest BCUT2D eigenvalue weighted by molar-refractivity contribution is 0.206. The molecule has 0 saturated carbocycles. The number of anilines is 1. The maximum absolute atomic E-state index is 12.3. The van der Waals surface area contributed by atoms with Crippen LogP contribution in [0.5, 0.6) is 11.5 Å². The molecule has 0 bridgehead atoms. The average molecular weight is 318 g/mol. The monoisotopic (exact) mass is 318 g/mol. The van der Waals surface area contributed by atoms with Gasteiger partial charge in [-0.2, -0.15) is 0 Å². The summed E-state index contributed by atoms with van der Waals surface area (Å²) >= 11 is 1.52. The maximum Gasteiger partial charge on any atom is 0.322 e. The molecule has 1 N–H and O–H groups in total. The highest BCUT2D eigenvalue weighted by Crippen LogP contribution is 2.33. The molecule has 3 rings (SSSR count). The van der Waals surface area contributed by atoms with Gasteiger partial charge in [0.2, 0.25) is 0 Å². The van der Waals surface area contributed by atoms with Crippen LogP contribution in [0.3, 0.4) is 0 Å². The molecule has 0 fully saturated rings. The number of hydrogen-bond donors (Lipinski definition) is 1. The smallest absolute Gasteiger partial charge is 0.322 e. The van der Waals surface area contributed by atoms with E-state index in [9.17, 15) is 4.79 Å². The van der Waals surface area contributed by atoms with E-state index in [1.54, 1.807) is 14.2 Å². The molecular formula is C16H18N2O3S. The van der Waals surface area contributed by atoms with Crippen LogP contribution in [0.25, 0.3) is 0 Å². The molecule has 0 spiro atoms. The highest BCUT2D eigenvalue weighted by atomic mass is 32.1. The lowest BCUT2D eigenvalue weighted by Gasteiger charge is -2.29. The molecule has 2 heterocycles. The summed E-state index contributed by atoms with van der Waals surface area (Å²) in [5, 5.41) is 5.73. The summed E-state index contributed by atoms with van der Waals surface area (Å²) in [6.45, 7) is 1.27. The van der Waals surface area contributed by atoms with Gasteiger partial charge in [0, 0.05) is 13.1 Å². The minimum Gasteiger partial charge on any atom is -0.493 e. The van der Waals surface area contributed by atoms with Gasteiger partial charge in [-0.25, -0.2) is 4.79 Å². The first-order chi connectivity index (χ1) is 10.7. The number of carbonyl (C=O) groups excluding carboxylic acids is 1. The third-order valence-electron chi connectivity index (χ3n) is 3.76. The molecule has 0 aliphatic carbocycles. The lowest BCUT2D eigenvalue weighted by atomic mass is 9.99. The van der Waals surface area contributed by atoms with Gasteiger partial charge in [0.1, 0.15) is 0 Å². The van der Waals surface area contributed by atoms with E-state index in [2.05, 4.69) is 5.32 Å². The molecule has 1 aliphatic heterocycles. The number of hydrogen-bond acceptors (Lipinski definition) is 4. The fourth-order valence-electron chi connectivity index (χ4n) is 2.59. The van der Waals surface area contributed by atoms with Gasteiger partial charge in [-0.1, -0.05) is 0 Å². The molecule has 22 heavy (non-hydrogen) atoms. The van der Waals surface area contributed by atoms with Crippen molar-refractivity contribution in [1.29, 1.82) is 0 Å². The van der Waals surface area contributed by atoms with Crippen LogP contribution >= 0.6 is 11.3 Å². The zero-order chi connectivity index (χ0) is 15.5. The summed E-state index contributed by atoms with van der Waals surface area (Å²) in [7, 11) is 3.25. The molecule has 2 aromatic rings. The van der Waals surface area contributed by atoms with E-state index in [0.717, 1.165) is 22.7 Å². The van der Waals surface area contributed by atoms with Crippen LogP contribution in [0.1, 0.15) is 11.1 Å². The van der Waals surface area contributed by atoms with Crippen molar-refractivity contribution < 1.29 is 14.3 Å².